The summed E-state index contributed by atoms with van der Waals surface area (Å²) in [7, 11) is 0. The smallest absolute Gasteiger partial charge is 0.225 e. The minimum absolute atomic E-state index is 0.0733. The molecule has 2 aromatic carbocycles. The number of carbonyl (C=O) groups excluding carboxylic acids is 1. The third-order valence-corrected chi connectivity index (χ3v) is 6.20. The highest BCUT2D eigenvalue weighted by atomic mass is 16.3. The molecule has 1 aromatic heterocycles. The van der Waals surface area contributed by atoms with Gasteiger partial charge in [-0.2, -0.15) is 0 Å². The molecule has 1 N–H and O–H groups in total. The van der Waals surface area contributed by atoms with Gasteiger partial charge in [0.05, 0.1) is 11.1 Å². The molecule has 0 saturated carbocycles. The molecule has 2 heterocycles. The summed E-state index contributed by atoms with van der Waals surface area (Å²) in [5.74, 6) is 1.90. The molecule has 31 heavy (non-hydrogen) atoms. The summed E-state index contributed by atoms with van der Waals surface area (Å²) in [6.45, 7) is 9.18. The summed E-state index contributed by atoms with van der Waals surface area (Å²) < 4.78 is 0. The summed E-state index contributed by atoms with van der Waals surface area (Å²) in [6.07, 6.45) is 1.64. The summed E-state index contributed by atoms with van der Waals surface area (Å²) >= 11 is 0. The molecule has 6 nitrogen and oxygen atoms in total. The molecule has 1 aliphatic heterocycles. The van der Waals surface area contributed by atoms with E-state index in [1.54, 1.807) is 12.1 Å². The van der Waals surface area contributed by atoms with Crippen LogP contribution in [0, 0.1) is 12.8 Å². The average molecular weight is 419 g/mol. The van der Waals surface area contributed by atoms with E-state index in [4.69, 9.17) is 9.97 Å². The first-order valence-electron chi connectivity index (χ1n) is 11.1. The molecule has 162 valence electrons. The van der Waals surface area contributed by atoms with Gasteiger partial charge in [-0.15, -0.1) is 0 Å². The van der Waals surface area contributed by atoms with Crippen molar-refractivity contribution < 1.29 is 9.90 Å². The van der Waals surface area contributed by atoms with Crippen molar-refractivity contribution in [3.63, 3.8) is 0 Å². The highest BCUT2D eigenvalue weighted by Crippen LogP contribution is 2.33. The maximum absolute atomic E-state index is 12.8. The number of anilines is 1. The number of amides is 1. The van der Waals surface area contributed by atoms with Crippen molar-refractivity contribution in [2.45, 2.75) is 33.6 Å². The highest BCUT2D eigenvalue weighted by molar-refractivity contribution is 5.92. The number of phenolic OH excluding ortho intramolecular Hbond substituents is 1. The number of phenols is 1. The van der Waals surface area contributed by atoms with Crippen LogP contribution in [0.15, 0.2) is 42.5 Å². The second-order valence-electron chi connectivity index (χ2n) is 8.18. The molecule has 1 saturated heterocycles. The van der Waals surface area contributed by atoms with Crippen LogP contribution in [0.5, 0.6) is 5.75 Å². The van der Waals surface area contributed by atoms with Crippen molar-refractivity contribution in [3.05, 3.63) is 48.0 Å². The number of piperidine rings is 1. The van der Waals surface area contributed by atoms with Crippen molar-refractivity contribution in [1.29, 1.82) is 0 Å². The van der Waals surface area contributed by atoms with E-state index >= 15 is 0 Å². The number of benzene rings is 2. The molecule has 0 radical (unpaired) electrons. The number of hydrogen-bond acceptors (Lipinski definition) is 5. The lowest BCUT2D eigenvalue weighted by Gasteiger charge is -2.35. The molecule has 0 aliphatic carbocycles. The minimum Gasteiger partial charge on any atom is -0.507 e. The number of aromatic nitrogens is 2. The van der Waals surface area contributed by atoms with E-state index in [0.717, 1.165) is 61.3 Å². The summed E-state index contributed by atoms with van der Waals surface area (Å²) in [5.41, 5.74) is 2.62. The fourth-order valence-corrected chi connectivity index (χ4v) is 4.38. The second kappa shape index (κ2) is 8.92. The molecule has 1 amide bonds. The molecule has 1 aliphatic rings. The first kappa shape index (κ1) is 21.1. The fourth-order valence-electron chi connectivity index (χ4n) is 4.38. The molecule has 0 spiro atoms. The first-order chi connectivity index (χ1) is 15.0. The Balaban J connectivity index is 1.68. The normalized spacial score (nSPS) is 14.7. The fraction of sp³-hybridized carbons (Fsp3) is 0.400. The number of rotatable bonds is 5. The minimum atomic E-state index is 0.0733. The van der Waals surface area contributed by atoms with Gasteiger partial charge in [0.25, 0.3) is 0 Å². The number of aryl methyl sites for hydroxylation is 1. The molecule has 3 aromatic rings. The number of aromatic hydroxyl groups is 1. The van der Waals surface area contributed by atoms with Crippen LogP contribution in [-0.4, -0.2) is 52.1 Å². The van der Waals surface area contributed by atoms with Crippen molar-refractivity contribution >= 4 is 22.6 Å². The van der Waals surface area contributed by atoms with Gasteiger partial charge in [-0.1, -0.05) is 18.2 Å². The third-order valence-electron chi connectivity index (χ3n) is 6.20. The van der Waals surface area contributed by atoms with Crippen LogP contribution in [0.1, 0.15) is 32.3 Å². The quantitative estimate of drug-likeness (QED) is 0.665. The van der Waals surface area contributed by atoms with Crippen LogP contribution in [0.4, 0.5) is 5.82 Å². The molecule has 6 heteroatoms. The molecular formula is C25H30N4O2. The predicted molar refractivity (Wildman–Crippen MR) is 124 cm³/mol. The van der Waals surface area contributed by atoms with Gasteiger partial charge in [0.15, 0.2) is 5.82 Å². The highest BCUT2D eigenvalue weighted by Gasteiger charge is 2.29. The number of nitrogens with zero attached hydrogens (tertiary/aromatic N) is 4. The van der Waals surface area contributed by atoms with E-state index in [-0.39, 0.29) is 17.6 Å². The molecular weight excluding hydrogens is 388 g/mol. The lowest BCUT2D eigenvalue weighted by Crippen LogP contribution is -2.42. The Morgan fingerprint density at radius 1 is 1.10 bits per heavy atom. The van der Waals surface area contributed by atoms with Crippen molar-refractivity contribution in [3.8, 4) is 17.1 Å². The second-order valence-corrected chi connectivity index (χ2v) is 8.18. The van der Waals surface area contributed by atoms with Gasteiger partial charge in [0.2, 0.25) is 5.91 Å². The maximum Gasteiger partial charge on any atom is 0.225 e. The Hall–Kier alpha value is -3.15. The zero-order chi connectivity index (χ0) is 22.0. The van der Waals surface area contributed by atoms with Gasteiger partial charge in [-0.25, -0.2) is 9.97 Å². The molecule has 0 bridgehead atoms. The zero-order valence-corrected chi connectivity index (χ0v) is 18.5. The molecule has 0 unspecified atom stereocenters. The van der Waals surface area contributed by atoms with Gasteiger partial charge < -0.3 is 14.9 Å². The van der Waals surface area contributed by atoms with Gasteiger partial charge in [-0.05, 0) is 63.4 Å². The van der Waals surface area contributed by atoms with Gasteiger partial charge in [0, 0.05) is 37.5 Å². The third kappa shape index (κ3) is 4.20. The van der Waals surface area contributed by atoms with Crippen LogP contribution in [0.2, 0.25) is 0 Å². The summed E-state index contributed by atoms with van der Waals surface area (Å²) in [6, 6.07) is 13.4. The topological polar surface area (TPSA) is 69.6 Å². The van der Waals surface area contributed by atoms with Crippen molar-refractivity contribution in [1.82, 2.24) is 14.9 Å². The standard InChI is InChI=1S/C25H30N4O2/c1-4-28(5-2)25(31)18-12-14-29(15-13-18)24-19-11-10-17(3)16-21(19)26-23(27-24)20-8-6-7-9-22(20)30/h6-11,16,18,30H,4-5,12-15H2,1-3H3. The predicted octanol–water partition coefficient (Wildman–Crippen LogP) is 4.40. The Morgan fingerprint density at radius 3 is 2.48 bits per heavy atom. The van der Waals surface area contributed by atoms with Crippen LogP contribution in [0.25, 0.3) is 22.3 Å². The van der Waals surface area contributed by atoms with E-state index in [0.29, 0.717) is 11.4 Å². The van der Waals surface area contributed by atoms with Gasteiger partial charge in [-0.3, -0.25) is 4.79 Å². The lowest BCUT2D eigenvalue weighted by atomic mass is 9.95. The SMILES string of the molecule is CCN(CC)C(=O)C1CCN(c2nc(-c3ccccc3O)nc3cc(C)ccc23)CC1. The van der Waals surface area contributed by atoms with E-state index in [2.05, 4.69) is 23.1 Å². The van der Waals surface area contributed by atoms with Crippen molar-refractivity contribution in [2.24, 2.45) is 5.92 Å². The molecule has 1 fully saturated rings. The number of para-hydroxylation sites is 1. The monoisotopic (exact) mass is 418 g/mol. The van der Waals surface area contributed by atoms with Crippen LogP contribution >= 0.6 is 0 Å². The van der Waals surface area contributed by atoms with E-state index < -0.39 is 0 Å². The molecule has 4 rings (SSSR count). The van der Waals surface area contributed by atoms with E-state index in [1.807, 2.05) is 37.8 Å². The Bertz CT molecular complexity index is 1090. The zero-order valence-electron chi connectivity index (χ0n) is 18.5. The average Bonchev–Trinajstić information content (AvgIpc) is 2.79. The first-order valence-corrected chi connectivity index (χ1v) is 11.1. The Morgan fingerprint density at radius 2 is 1.81 bits per heavy atom. The van der Waals surface area contributed by atoms with E-state index in [1.165, 1.54) is 0 Å². The number of fused-ring (bicyclic) bond motifs is 1. The molecule has 0 atom stereocenters. The maximum atomic E-state index is 12.8. The van der Waals surface area contributed by atoms with Crippen LogP contribution < -0.4 is 4.90 Å². The Labute approximate surface area is 183 Å². The van der Waals surface area contributed by atoms with Crippen LogP contribution in [-0.2, 0) is 4.79 Å². The lowest BCUT2D eigenvalue weighted by molar-refractivity contribution is -0.135. The van der Waals surface area contributed by atoms with Crippen molar-refractivity contribution in [2.75, 3.05) is 31.1 Å². The Kier molecular flexibility index (Phi) is 6.07. The van der Waals surface area contributed by atoms with Gasteiger partial charge in [0.1, 0.15) is 11.6 Å². The number of carbonyl (C=O) groups is 1. The number of hydrogen-bond donors (Lipinski definition) is 1. The largest absolute Gasteiger partial charge is 0.507 e. The summed E-state index contributed by atoms with van der Waals surface area (Å²) in [4.78, 5) is 26.6. The summed E-state index contributed by atoms with van der Waals surface area (Å²) in [5, 5.41) is 11.3. The van der Waals surface area contributed by atoms with Crippen LogP contribution in [0.3, 0.4) is 0 Å². The van der Waals surface area contributed by atoms with Gasteiger partial charge >= 0.3 is 0 Å². The van der Waals surface area contributed by atoms with E-state index in [9.17, 15) is 9.90 Å².